The van der Waals surface area contributed by atoms with Gasteiger partial charge >= 0.3 is 0 Å². The zero-order valence-corrected chi connectivity index (χ0v) is 20.2. The van der Waals surface area contributed by atoms with E-state index >= 15 is 0 Å². The van der Waals surface area contributed by atoms with Crippen molar-refractivity contribution in [2.75, 3.05) is 6.61 Å². The third kappa shape index (κ3) is 4.67. The molecular formula is C28H29NO6. The molecular weight excluding hydrogens is 446 g/mol. The van der Waals surface area contributed by atoms with Crippen LogP contribution in [0, 0.1) is 0 Å². The molecule has 35 heavy (non-hydrogen) atoms. The van der Waals surface area contributed by atoms with Crippen LogP contribution in [0.4, 0.5) is 0 Å². The molecule has 2 aromatic carbocycles. The Morgan fingerprint density at radius 3 is 2.40 bits per heavy atom. The summed E-state index contributed by atoms with van der Waals surface area (Å²) in [5, 5.41) is 21.2. The van der Waals surface area contributed by atoms with Crippen molar-refractivity contribution in [3.63, 3.8) is 0 Å². The molecule has 182 valence electrons. The highest BCUT2D eigenvalue weighted by molar-refractivity contribution is 6.46. The van der Waals surface area contributed by atoms with Gasteiger partial charge in [-0.05, 0) is 60.4 Å². The molecule has 0 bridgehead atoms. The maximum absolute atomic E-state index is 13.2. The van der Waals surface area contributed by atoms with Gasteiger partial charge in [0.25, 0.3) is 11.7 Å². The number of phenols is 1. The van der Waals surface area contributed by atoms with Gasteiger partial charge in [0.1, 0.15) is 23.0 Å². The van der Waals surface area contributed by atoms with Gasteiger partial charge in [0, 0.05) is 11.1 Å². The van der Waals surface area contributed by atoms with Crippen LogP contribution in [0.1, 0.15) is 56.2 Å². The second-order valence-corrected chi connectivity index (χ2v) is 9.49. The van der Waals surface area contributed by atoms with E-state index in [0.29, 0.717) is 29.2 Å². The van der Waals surface area contributed by atoms with Crippen molar-refractivity contribution in [2.45, 2.75) is 45.7 Å². The number of carbonyl (C=O) groups excluding carboxylic acids is 2. The maximum Gasteiger partial charge on any atom is 0.296 e. The van der Waals surface area contributed by atoms with E-state index in [2.05, 4.69) is 0 Å². The van der Waals surface area contributed by atoms with Crippen molar-refractivity contribution < 1.29 is 29.0 Å². The lowest BCUT2D eigenvalue weighted by atomic mass is 9.84. The molecule has 1 aromatic heterocycles. The minimum Gasteiger partial charge on any atom is -0.508 e. The Hall–Kier alpha value is -4.00. The van der Waals surface area contributed by atoms with Crippen LogP contribution in [0.15, 0.2) is 70.9 Å². The molecule has 1 amide bonds. The van der Waals surface area contributed by atoms with E-state index in [1.165, 1.54) is 23.3 Å². The number of aliphatic hydroxyl groups excluding tert-OH is 1. The zero-order chi connectivity index (χ0) is 25.3. The van der Waals surface area contributed by atoms with Gasteiger partial charge in [-0.2, -0.15) is 0 Å². The number of likely N-dealkylation sites (tertiary alicyclic amines) is 1. The molecule has 1 atom stereocenters. The number of furan rings is 1. The highest BCUT2D eigenvalue weighted by atomic mass is 16.5. The Morgan fingerprint density at radius 1 is 1.09 bits per heavy atom. The van der Waals surface area contributed by atoms with Crippen LogP contribution in [-0.2, 0) is 21.5 Å². The Labute approximate surface area is 204 Å². The quantitative estimate of drug-likeness (QED) is 0.285. The Bertz CT molecular complexity index is 1270. The van der Waals surface area contributed by atoms with E-state index in [1.807, 2.05) is 27.7 Å². The van der Waals surface area contributed by atoms with E-state index in [4.69, 9.17) is 9.15 Å². The monoisotopic (exact) mass is 475 g/mol. The average molecular weight is 476 g/mol. The van der Waals surface area contributed by atoms with E-state index in [0.717, 1.165) is 5.56 Å². The number of ether oxygens (including phenoxy) is 1. The van der Waals surface area contributed by atoms with Crippen LogP contribution in [-0.4, -0.2) is 33.4 Å². The van der Waals surface area contributed by atoms with Gasteiger partial charge in [0.05, 0.1) is 31.0 Å². The molecule has 4 rings (SSSR count). The summed E-state index contributed by atoms with van der Waals surface area (Å²) >= 11 is 0. The first kappa shape index (κ1) is 24.1. The van der Waals surface area contributed by atoms with E-state index < -0.39 is 17.7 Å². The van der Waals surface area contributed by atoms with Gasteiger partial charge in [0.2, 0.25) is 0 Å². The fourth-order valence-corrected chi connectivity index (χ4v) is 4.32. The summed E-state index contributed by atoms with van der Waals surface area (Å²) in [6, 6.07) is 14.1. The summed E-state index contributed by atoms with van der Waals surface area (Å²) in [5.74, 6) is -0.520. The van der Waals surface area contributed by atoms with Crippen molar-refractivity contribution in [2.24, 2.45) is 0 Å². The van der Waals surface area contributed by atoms with Crippen molar-refractivity contribution in [3.8, 4) is 11.5 Å². The number of aliphatic hydroxyl groups is 1. The highest BCUT2D eigenvalue weighted by Gasteiger charge is 2.46. The fraction of sp³-hybridized carbons (Fsp3) is 0.286. The third-order valence-corrected chi connectivity index (χ3v) is 6.02. The van der Waals surface area contributed by atoms with E-state index in [1.54, 1.807) is 42.5 Å². The molecule has 1 unspecified atom stereocenters. The predicted octanol–water partition coefficient (Wildman–Crippen LogP) is 5.30. The standard InChI is InChI=1S/C28H29NO6/c1-5-34-22-13-10-18(15-21(22)28(2,3)4)25(31)23-24(17-8-11-19(30)12-9-17)29(27(33)26(23)32)16-20-7-6-14-35-20/h6-15,24,30-31H,5,16H2,1-4H3/b25-23-. The number of phenolic OH excluding ortho intramolecular Hbond substituents is 1. The number of carbonyl (C=O) groups is 2. The Kier molecular flexibility index (Phi) is 6.43. The van der Waals surface area contributed by atoms with Crippen LogP contribution >= 0.6 is 0 Å². The minimum atomic E-state index is -0.856. The first-order chi connectivity index (χ1) is 16.6. The molecule has 1 saturated heterocycles. The molecule has 0 saturated carbocycles. The van der Waals surface area contributed by atoms with E-state index in [-0.39, 0.29) is 29.0 Å². The largest absolute Gasteiger partial charge is 0.508 e. The fourth-order valence-electron chi connectivity index (χ4n) is 4.32. The van der Waals surface area contributed by atoms with Gasteiger partial charge in [0.15, 0.2) is 0 Å². The van der Waals surface area contributed by atoms with Crippen LogP contribution in [0.2, 0.25) is 0 Å². The molecule has 7 heteroatoms. The number of nitrogens with zero attached hydrogens (tertiary/aromatic N) is 1. The summed E-state index contributed by atoms with van der Waals surface area (Å²) in [7, 11) is 0. The first-order valence-electron chi connectivity index (χ1n) is 11.5. The number of hydrogen-bond donors (Lipinski definition) is 2. The average Bonchev–Trinajstić information content (AvgIpc) is 3.41. The molecule has 7 nitrogen and oxygen atoms in total. The predicted molar refractivity (Wildman–Crippen MR) is 131 cm³/mol. The molecule has 0 radical (unpaired) electrons. The summed E-state index contributed by atoms with van der Waals surface area (Å²) < 4.78 is 11.2. The number of aromatic hydroxyl groups is 1. The van der Waals surface area contributed by atoms with Crippen molar-refractivity contribution in [1.29, 1.82) is 0 Å². The van der Waals surface area contributed by atoms with Crippen LogP contribution in [0.3, 0.4) is 0 Å². The maximum atomic E-state index is 13.2. The Balaban J connectivity index is 1.88. The van der Waals surface area contributed by atoms with E-state index in [9.17, 15) is 19.8 Å². The summed E-state index contributed by atoms with van der Waals surface area (Å²) in [6.45, 7) is 8.55. The number of rotatable bonds is 6. The SMILES string of the molecule is CCOc1ccc(/C(O)=C2/C(=O)C(=O)N(Cc3ccco3)C2c2ccc(O)cc2)cc1C(C)(C)C. The van der Waals surface area contributed by atoms with Crippen LogP contribution in [0.5, 0.6) is 11.5 Å². The van der Waals surface area contributed by atoms with Crippen LogP contribution < -0.4 is 4.74 Å². The molecule has 2 N–H and O–H groups in total. The van der Waals surface area contributed by atoms with Crippen molar-refractivity contribution in [3.05, 3.63) is 88.9 Å². The van der Waals surface area contributed by atoms with Crippen molar-refractivity contribution in [1.82, 2.24) is 4.90 Å². The van der Waals surface area contributed by atoms with Gasteiger partial charge in [-0.15, -0.1) is 0 Å². The number of hydrogen-bond acceptors (Lipinski definition) is 6. The summed E-state index contributed by atoms with van der Waals surface area (Å²) in [4.78, 5) is 27.7. The minimum absolute atomic E-state index is 0.0173. The van der Waals surface area contributed by atoms with Crippen LogP contribution in [0.25, 0.3) is 5.76 Å². The molecule has 1 aliphatic heterocycles. The number of amides is 1. The van der Waals surface area contributed by atoms with Gasteiger partial charge in [-0.25, -0.2) is 0 Å². The molecule has 1 fully saturated rings. The lowest BCUT2D eigenvalue weighted by molar-refractivity contribution is -0.140. The topological polar surface area (TPSA) is 100 Å². The van der Waals surface area contributed by atoms with Gasteiger partial charge in [-0.3, -0.25) is 9.59 Å². The lowest BCUT2D eigenvalue weighted by Crippen LogP contribution is -2.29. The molecule has 2 heterocycles. The number of benzene rings is 2. The highest BCUT2D eigenvalue weighted by Crippen LogP contribution is 2.42. The number of ketones is 1. The normalized spacial score (nSPS) is 17.7. The number of Topliss-reactive ketones (excluding diaryl/α,β-unsaturated/α-hetero) is 1. The summed E-state index contributed by atoms with van der Waals surface area (Å²) in [6.07, 6.45) is 1.50. The molecule has 0 aliphatic carbocycles. The second-order valence-electron chi connectivity index (χ2n) is 9.49. The zero-order valence-electron chi connectivity index (χ0n) is 20.2. The smallest absolute Gasteiger partial charge is 0.296 e. The lowest BCUT2D eigenvalue weighted by Gasteiger charge is -2.25. The summed E-state index contributed by atoms with van der Waals surface area (Å²) in [5.41, 5.74) is 1.56. The molecule has 1 aliphatic rings. The van der Waals surface area contributed by atoms with Crippen molar-refractivity contribution >= 4 is 17.4 Å². The molecule has 0 spiro atoms. The second kappa shape index (κ2) is 9.33. The first-order valence-corrected chi connectivity index (χ1v) is 11.5. The van der Waals surface area contributed by atoms with Gasteiger partial charge in [-0.1, -0.05) is 32.9 Å². The van der Waals surface area contributed by atoms with Gasteiger partial charge < -0.3 is 24.3 Å². The molecule has 3 aromatic rings. The Morgan fingerprint density at radius 2 is 1.80 bits per heavy atom. The third-order valence-electron chi connectivity index (χ3n) is 6.02.